The first-order valence-electron chi connectivity index (χ1n) is 11.9. The molecule has 2 N–H and O–H groups in total. The highest BCUT2D eigenvalue weighted by Crippen LogP contribution is 2.44. The summed E-state index contributed by atoms with van der Waals surface area (Å²) in [5.41, 5.74) is 10.5. The van der Waals surface area contributed by atoms with Gasteiger partial charge in [-0.3, -0.25) is 4.99 Å². The number of aryl methyl sites for hydroxylation is 1. The van der Waals surface area contributed by atoms with Gasteiger partial charge in [-0.1, -0.05) is 0 Å². The fraction of sp³-hybridized carbons (Fsp3) is 0.400. The number of pyridine rings is 1. The molecular formula is C25H27F3N8O. The molecule has 0 amide bonds. The van der Waals surface area contributed by atoms with Crippen LogP contribution >= 0.6 is 0 Å². The average Bonchev–Trinajstić information content (AvgIpc) is 3.67. The molecule has 0 atom stereocenters. The van der Waals surface area contributed by atoms with Crippen molar-refractivity contribution in [1.82, 2.24) is 24.7 Å². The molecule has 4 heterocycles. The lowest BCUT2D eigenvalue weighted by atomic mass is 9.95. The van der Waals surface area contributed by atoms with E-state index in [0.717, 1.165) is 35.9 Å². The van der Waals surface area contributed by atoms with Gasteiger partial charge in [0.2, 0.25) is 5.88 Å². The highest BCUT2D eigenvalue weighted by Gasteiger charge is 2.35. The monoisotopic (exact) mass is 512 g/mol. The Balaban J connectivity index is 1.46. The van der Waals surface area contributed by atoms with Crippen LogP contribution in [0.1, 0.15) is 47.8 Å². The Morgan fingerprint density at radius 1 is 1.19 bits per heavy atom. The Hall–Kier alpha value is -3.96. The molecule has 0 radical (unpaired) electrons. The van der Waals surface area contributed by atoms with Gasteiger partial charge in [-0.2, -0.15) is 18.3 Å². The zero-order chi connectivity index (χ0) is 26.3. The molecule has 0 unspecified atom stereocenters. The van der Waals surface area contributed by atoms with Crippen molar-refractivity contribution in [1.29, 1.82) is 0 Å². The van der Waals surface area contributed by atoms with Crippen LogP contribution in [0.4, 0.5) is 19.0 Å². The molecule has 12 heteroatoms. The van der Waals surface area contributed by atoms with E-state index in [1.807, 2.05) is 0 Å². The third-order valence-corrected chi connectivity index (χ3v) is 6.66. The summed E-state index contributed by atoms with van der Waals surface area (Å²) < 4.78 is 46.0. The molecule has 3 aromatic heterocycles. The molecule has 0 aromatic carbocycles. The van der Waals surface area contributed by atoms with Crippen molar-refractivity contribution in [3.63, 3.8) is 0 Å². The second-order valence-electron chi connectivity index (χ2n) is 9.11. The van der Waals surface area contributed by atoms with E-state index in [2.05, 4.69) is 29.9 Å². The van der Waals surface area contributed by atoms with Crippen molar-refractivity contribution in [2.24, 2.45) is 10.7 Å². The van der Waals surface area contributed by atoms with E-state index >= 15 is 0 Å². The lowest BCUT2D eigenvalue weighted by Crippen LogP contribution is -2.37. The standard InChI is InChI=1S/C25H27F3N8O/c1-14-10-19(25(26,27)28)34-36(14)16-6-7-20(31-11-16)35-9-8-18(30-2)17(12-35)22(29)21-23(15-4-5-15)32-13-33-24(21)37-3/h6-7,10-11,13,15H,4-5,8-9,12,29H2,1-3H3. The second-order valence-corrected chi connectivity index (χ2v) is 9.11. The van der Waals surface area contributed by atoms with E-state index in [1.54, 1.807) is 33.2 Å². The number of rotatable bonds is 5. The van der Waals surface area contributed by atoms with Crippen LogP contribution in [0, 0.1) is 6.92 Å². The number of aliphatic imine (C=N–C) groups is 1. The second kappa shape index (κ2) is 9.49. The molecule has 1 saturated heterocycles. The number of hydrogen-bond donors (Lipinski definition) is 1. The molecule has 37 heavy (non-hydrogen) atoms. The topological polar surface area (TPSA) is 107 Å². The lowest BCUT2D eigenvalue weighted by Gasteiger charge is -2.32. The Labute approximate surface area is 211 Å². The Bertz CT molecular complexity index is 1370. The molecule has 1 saturated carbocycles. The van der Waals surface area contributed by atoms with E-state index in [-0.39, 0.29) is 0 Å². The maximum Gasteiger partial charge on any atom is 0.435 e. The summed E-state index contributed by atoms with van der Waals surface area (Å²) in [5.74, 6) is 1.44. The zero-order valence-electron chi connectivity index (χ0n) is 20.7. The number of nitrogens with zero attached hydrogens (tertiary/aromatic N) is 7. The van der Waals surface area contributed by atoms with E-state index < -0.39 is 11.9 Å². The van der Waals surface area contributed by atoms with Crippen molar-refractivity contribution in [3.8, 4) is 11.6 Å². The summed E-state index contributed by atoms with van der Waals surface area (Å²) in [6, 6.07) is 4.49. The molecule has 1 aliphatic carbocycles. The average molecular weight is 513 g/mol. The fourth-order valence-corrected chi connectivity index (χ4v) is 4.61. The fourth-order valence-electron chi connectivity index (χ4n) is 4.61. The first-order valence-corrected chi connectivity index (χ1v) is 11.9. The highest BCUT2D eigenvalue weighted by atomic mass is 19.4. The van der Waals surface area contributed by atoms with Crippen LogP contribution in [0.3, 0.4) is 0 Å². The number of anilines is 1. The van der Waals surface area contributed by atoms with Gasteiger partial charge >= 0.3 is 6.18 Å². The summed E-state index contributed by atoms with van der Waals surface area (Å²) >= 11 is 0. The molecule has 5 rings (SSSR count). The number of nitrogens with two attached hydrogens (primary N) is 1. The first-order chi connectivity index (χ1) is 17.7. The van der Waals surface area contributed by atoms with Gasteiger partial charge in [-0.05, 0) is 38.0 Å². The van der Waals surface area contributed by atoms with Gasteiger partial charge in [0, 0.05) is 49.5 Å². The van der Waals surface area contributed by atoms with Gasteiger partial charge in [0.05, 0.1) is 35.9 Å². The van der Waals surface area contributed by atoms with Crippen LogP contribution in [-0.2, 0) is 6.18 Å². The van der Waals surface area contributed by atoms with Crippen molar-refractivity contribution in [2.75, 3.05) is 32.1 Å². The minimum atomic E-state index is -4.51. The smallest absolute Gasteiger partial charge is 0.435 e. The Morgan fingerprint density at radius 2 is 1.97 bits per heavy atom. The molecule has 0 spiro atoms. The number of halogens is 3. The van der Waals surface area contributed by atoms with Gasteiger partial charge in [-0.15, -0.1) is 0 Å². The molecular weight excluding hydrogens is 485 g/mol. The van der Waals surface area contributed by atoms with Gasteiger partial charge in [-0.25, -0.2) is 19.6 Å². The van der Waals surface area contributed by atoms with Gasteiger partial charge < -0.3 is 15.4 Å². The SMILES string of the molecule is CN=C1CCN(c2ccc(-n3nc(C(F)(F)F)cc3C)cn2)CC1=C(N)c1c(OC)ncnc1C1CC1. The largest absolute Gasteiger partial charge is 0.480 e. The van der Waals surface area contributed by atoms with Gasteiger partial charge in [0.25, 0.3) is 0 Å². The number of piperidine rings is 1. The third-order valence-electron chi connectivity index (χ3n) is 6.66. The number of aromatic nitrogens is 5. The van der Waals surface area contributed by atoms with E-state index in [1.165, 1.54) is 17.2 Å². The normalized spacial score (nSPS) is 18.9. The minimum Gasteiger partial charge on any atom is -0.480 e. The van der Waals surface area contributed by atoms with Crippen molar-refractivity contribution < 1.29 is 17.9 Å². The van der Waals surface area contributed by atoms with Crippen molar-refractivity contribution >= 4 is 17.2 Å². The Morgan fingerprint density at radius 3 is 2.57 bits per heavy atom. The van der Waals surface area contributed by atoms with Crippen LogP contribution < -0.4 is 15.4 Å². The predicted molar refractivity (Wildman–Crippen MR) is 133 cm³/mol. The summed E-state index contributed by atoms with van der Waals surface area (Å²) in [7, 11) is 3.31. The summed E-state index contributed by atoms with van der Waals surface area (Å²) in [4.78, 5) is 19.9. The van der Waals surface area contributed by atoms with Crippen LogP contribution in [0.25, 0.3) is 11.4 Å². The summed E-state index contributed by atoms with van der Waals surface area (Å²) in [6.45, 7) is 2.68. The number of alkyl halides is 3. The molecule has 2 aliphatic rings. The first kappa shape index (κ1) is 24.7. The number of hydrogen-bond acceptors (Lipinski definition) is 8. The van der Waals surface area contributed by atoms with Crippen LogP contribution in [0.2, 0.25) is 0 Å². The van der Waals surface area contributed by atoms with Crippen LogP contribution in [0.15, 0.2) is 41.3 Å². The lowest BCUT2D eigenvalue weighted by molar-refractivity contribution is -0.141. The van der Waals surface area contributed by atoms with E-state index in [4.69, 9.17) is 10.5 Å². The molecule has 9 nitrogen and oxygen atoms in total. The molecule has 1 aliphatic heterocycles. The van der Waals surface area contributed by atoms with Gasteiger partial charge in [0.1, 0.15) is 12.1 Å². The molecule has 2 fully saturated rings. The highest BCUT2D eigenvalue weighted by molar-refractivity contribution is 6.08. The van der Waals surface area contributed by atoms with Crippen LogP contribution in [0.5, 0.6) is 5.88 Å². The summed E-state index contributed by atoms with van der Waals surface area (Å²) in [5, 5.41) is 3.70. The summed E-state index contributed by atoms with van der Waals surface area (Å²) in [6.07, 6.45) is 1.26. The molecule has 194 valence electrons. The molecule has 3 aromatic rings. The van der Waals surface area contributed by atoms with Crippen molar-refractivity contribution in [2.45, 2.75) is 38.3 Å². The predicted octanol–water partition coefficient (Wildman–Crippen LogP) is 3.92. The van der Waals surface area contributed by atoms with Crippen LogP contribution in [-0.4, -0.2) is 57.7 Å². The molecule has 0 bridgehead atoms. The van der Waals surface area contributed by atoms with E-state index in [9.17, 15) is 13.2 Å². The van der Waals surface area contributed by atoms with E-state index in [0.29, 0.717) is 59.8 Å². The minimum absolute atomic E-state index is 0.339. The van der Waals surface area contributed by atoms with Crippen molar-refractivity contribution in [3.05, 3.63) is 58.9 Å². The number of methoxy groups -OCH3 is 1. The number of ether oxygens (including phenoxy) is 1. The zero-order valence-corrected chi connectivity index (χ0v) is 20.7. The maximum absolute atomic E-state index is 13.1. The quantitative estimate of drug-likeness (QED) is 0.552. The Kier molecular flexibility index (Phi) is 6.34. The van der Waals surface area contributed by atoms with Gasteiger partial charge in [0.15, 0.2) is 5.69 Å². The maximum atomic E-state index is 13.1. The third kappa shape index (κ3) is 4.75.